The van der Waals surface area contributed by atoms with E-state index < -0.39 is 0 Å². The maximum absolute atomic E-state index is 12.2. The summed E-state index contributed by atoms with van der Waals surface area (Å²) in [5, 5.41) is 6.47. The third-order valence-electron chi connectivity index (χ3n) is 4.41. The van der Waals surface area contributed by atoms with Crippen molar-refractivity contribution >= 4 is 17.2 Å². The number of amides is 1. The lowest BCUT2D eigenvalue weighted by Crippen LogP contribution is -2.42. The Morgan fingerprint density at radius 1 is 1.42 bits per heavy atom. The van der Waals surface area contributed by atoms with E-state index in [-0.39, 0.29) is 5.91 Å². The van der Waals surface area contributed by atoms with Gasteiger partial charge in [-0.15, -0.1) is 11.3 Å². The van der Waals surface area contributed by atoms with Gasteiger partial charge in [0.15, 0.2) is 0 Å². The van der Waals surface area contributed by atoms with Gasteiger partial charge in [0.2, 0.25) is 5.91 Å². The molecule has 0 saturated carbocycles. The van der Waals surface area contributed by atoms with Gasteiger partial charge in [-0.25, -0.2) is 4.98 Å². The molecule has 1 unspecified atom stereocenters. The Morgan fingerprint density at radius 3 is 2.77 bits per heavy atom. The molecule has 1 aromatic heterocycles. The van der Waals surface area contributed by atoms with Crippen LogP contribution in [0.15, 0.2) is 5.38 Å². The quantitative estimate of drug-likeness (QED) is 0.663. The van der Waals surface area contributed by atoms with Gasteiger partial charge in [0, 0.05) is 44.5 Å². The van der Waals surface area contributed by atoms with Gasteiger partial charge < -0.3 is 15.0 Å². The van der Waals surface area contributed by atoms with Crippen molar-refractivity contribution in [2.45, 2.75) is 46.6 Å². The molecule has 1 amide bonds. The summed E-state index contributed by atoms with van der Waals surface area (Å²) in [4.78, 5) is 21.0. The van der Waals surface area contributed by atoms with E-state index in [9.17, 15) is 4.79 Å². The first-order valence-electron chi connectivity index (χ1n) is 9.79. The highest BCUT2D eigenvalue weighted by atomic mass is 32.1. The average Bonchev–Trinajstić information content (AvgIpc) is 3.15. The van der Waals surface area contributed by atoms with Gasteiger partial charge in [-0.2, -0.15) is 0 Å². The van der Waals surface area contributed by atoms with E-state index in [1.807, 2.05) is 20.9 Å². The van der Waals surface area contributed by atoms with Crippen LogP contribution in [0.25, 0.3) is 0 Å². The highest BCUT2D eigenvalue weighted by Gasteiger charge is 2.14. The molecule has 1 aliphatic rings. The van der Waals surface area contributed by atoms with Gasteiger partial charge in [-0.1, -0.05) is 27.7 Å². The first kappa shape index (κ1) is 23.0. The second kappa shape index (κ2) is 13.2. The van der Waals surface area contributed by atoms with Crippen molar-refractivity contribution in [2.24, 2.45) is 0 Å². The lowest BCUT2D eigenvalue weighted by atomic mass is 10.1. The number of nitrogens with zero attached hydrogens (tertiary/aromatic N) is 3. The molecule has 26 heavy (non-hydrogen) atoms. The number of hydrogen-bond acceptors (Lipinski definition) is 6. The second-order valence-electron chi connectivity index (χ2n) is 6.37. The number of morpholine rings is 1. The third-order valence-corrected chi connectivity index (χ3v) is 5.54. The molecule has 1 fully saturated rings. The number of thiazole rings is 1. The topological polar surface area (TPSA) is 57.7 Å². The molecule has 1 aliphatic heterocycles. The van der Waals surface area contributed by atoms with Crippen molar-refractivity contribution in [3.63, 3.8) is 0 Å². The zero-order chi connectivity index (χ0) is 19.4. The van der Waals surface area contributed by atoms with Crippen molar-refractivity contribution < 1.29 is 9.53 Å². The number of nitrogens with one attached hydrogen (secondary N) is 1. The van der Waals surface area contributed by atoms with Gasteiger partial charge in [-0.3, -0.25) is 9.69 Å². The van der Waals surface area contributed by atoms with E-state index >= 15 is 0 Å². The fourth-order valence-electron chi connectivity index (χ4n) is 2.52. The van der Waals surface area contributed by atoms with E-state index in [0.29, 0.717) is 19.0 Å². The van der Waals surface area contributed by atoms with E-state index in [0.717, 1.165) is 56.5 Å². The van der Waals surface area contributed by atoms with E-state index in [1.165, 1.54) is 0 Å². The summed E-state index contributed by atoms with van der Waals surface area (Å²) in [5.74, 6) is 0.599. The Labute approximate surface area is 162 Å². The number of ether oxygens (including phenoxy) is 1. The van der Waals surface area contributed by atoms with Gasteiger partial charge >= 0.3 is 0 Å². The summed E-state index contributed by atoms with van der Waals surface area (Å²) in [5.41, 5.74) is 0.986. The van der Waals surface area contributed by atoms with Crippen molar-refractivity contribution in [1.29, 1.82) is 0 Å². The lowest BCUT2D eigenvalue weighted by Gasteiger charge is -2.26. The number of carbonyl (C=O) groups excluding carboxylic acids is 1. The van der Waals surface area contributed by atoms with Crippen molar-refractivity contribution in [3.8, 4) is 0 Å². The van der Waals surface area contributed by atoms with Crippen LogP contribution in [0.2, 0.25) is 0 Å². The predicted octanol–water partition coefficient (Wildman–Crippen LogP) is 2.56. The number of carbonyl (C=O) groups is 1. The van der Waals surface area contributed by atoms with Crippen LogP contribution in [0.4, 0.5) is 0 Å². The summed E-state index contributed by atoms with van der Waals surface area (Å²) in [7, 11) is 1.84. The van der Waals surface area contributed by atoms with Crippen LogP contribution in [-0.4, -0.2) is 73.7 Å². The highest BCUT2D eigenvalue weighted by molar-refractivity contribution is 7.09. The second-order valence-corrected chi connectivity index (χ2v) is 7.26. The average molecular weight is 385 g/mol. The summed E-state index contributed by atoms with van der Waals surface area (Å²) in [6.45, 7) is 14.7. The van der Waals surface area contributed by atoms with Crippen LogP contribution >= 0.6 is 11.3 Å². The molecular formula is C19H36N4O2S. The van der Waals surface area contributed by atoms with Gasteiger partial charge in [0.1, 0.15) is 0 Å². The third kappa shape index (κ3) is 8.12. The Morgan fingerprint density at radius 2 is 2.12 bits per heavy atom. The zero-order valence-electron chi connectivity index (χ0n) is 17.1. The maximum atomic E-state index is 12.2. The summed E-state index contributed by atoms with van der Waals surface area (Å²) < 4.78 is 5.33. The largest absolute Gasteiger partial charge is 0.379 e. The number of rotatable bonds is 9. The molecule has 0 bridgehead atoms. The number of likely N-dealkylation sites (N-methyl/N-ethyl adjacent to an activating group) is 1. The molecule has 1 aromatic rings. The van der Waals surface area contributed by atoms with Crippen LogP contribution in [0, 0.1) is 0 Å². The Balaban J connectivity index is 0.00000163. The normalized spacial score (nSPS) is 15.9. The SMILES string of the molecule is CC.CCC(C)c1nc(CN(C)C(=O)CNCCN2CCOCC2)cs1. The van der Waals surface area contributed by atoms with E-state index in [4.69, 9.17) is 4.74 Å². The molecule has 150 valence electrons. The van der Waals surface area contributed by atoms with Crippen LogP contribution < -0.4 is 5.32 Å². The molecule has 6 nitrogen and oxygen atoms in total. The summed E-state index contributed by atoms with van der Waals surface area (Å²) in [6, 6.07) is 0. The fourth-order valence-corrected chi connectivity index (χ4v) is 3.47. The van der Waals surface area contributed by atoms with Crippen LogP contribution in [0.5, 0.6) is 0 Å². The van der Waals surface area contributed by atoms with E-state index in [1.54, 1.807) is 16.2 Å². The molecule has 0 aromatic carbocycles. The monoisotopic (exact) mass is 384 g/mol. The Kier molecular flexibility index (Phi) is 11.7. The standard InChI is InChI=1S/C17H30N4O2S.C2H6/c1-4-14(2)17-19-15(13-24-17)12-20(3)16(22)11-18-5-6-21-7-9-23-10-8-21;1-2/h13-14,18H,4-12H2,1-3H3;1-2H3. The molecule has 7 heteroatoms. The zero-order valence-corrected chi connectivity index (χ0v) is 17.9. The van der Waals surface area contributed by atoms with Crippen LogP contribution in [0.1, 0.15) is 50.7 Å². The predicted molar refractivity (Wildman–Crippen MR) is 109 cm³/mol. The number of aromatic nitrogens is 1. The minimum atomic E-state index is 0.107. The molecule has 0 spiro atoms. The van der Waals surface area contributed by atoms with Gasteiger partial charge in [-0.05, 0) is 6.42 Å². The van der Waals surface area contributed by atoms with Gasteiger partial charge in [0.25, 0.3) is 0 Å². The van der Waals surface area contributed by atoms with Crippen LogP contribution in [-0.2, 0) is 16.1 Å². The maximum Gasteiger partial charge on any atom is 0.236 e. The molecule has 2 heterocycles. The van der Waals surface area contributed by atoms with Crippen molar-refractivity contribution in [2.75, 3.05) is 53.0 Å². The lowest BCUT2D eigenvalue weighted by molar-refractivity contribution is -0.129. The molecule has 0 aliphatic carbocycles. The highest BCUT2D eigenvalue weighted by Crippen LogP contribution is 2.22. The Hall–Kier alpha value is -1.02. The van der Waals surface area contributed by atoms with E-state index in [2.05, 4.69) is 34.4 Å². The minimum absolute atomic E-state index is 0.107. The first-order chi connectivity index (χ1) is 12.6. The van der Waals surface area contributed by atoms with Gasteiger partial charge in [0.05, 0.1) is 37.0 Å². The first-order valence-corrected chi connectivity index (χ1v) is 10.7. The molecule has 1 N–H and O–H groups in total. The van der Waals surface area contributed by atoms with Crippen LogP contribution in [0.3, 0.4) is 0 Å². The summed E-state index contributed by atoms with van der Waals surface area (Å²) in [6.07, 6.45) is 1.09. The molecule has 0 radical (unpaired) electrons. The number of hydrogen-bond donors (Lipinski definition) is 1. The summed E-state index contributed by atoms with van der Waals surface area (Å²) >= 11 is 1.69. The molecular weight excluding hydrogens is 348 g/mol. The van der Waals surface area contributed by atoms with Crippen molar-refractivity contribution in [1.82, 2.24) is 20.1 Å². The smallest absolute Gasteiger partial charge is 0.236 e. The molecule has 2 rings (SSSR count). The Bertz CT molecular complexity index is 503. The van der Waals surface area contributed by atoms with Crippen molar-refractivity contribution in [3.05, 3.63) is 16.1 Å². The molecule has 1 atom stereocenters. The fraction of sp³-hybridized carbons (Fsp3) is 0.789. The molecule has 1 saturated heterocycles. The minimum Gasteiger partial charge on any atom is -0.379 e.